The number of para-hydroxylation sites is 1. The highest BCUT2D eigenvalue weighted by Gasteiger charge is 2.07. The van der Waals surface area contributed by atoms with Gasteiger partial charge >= 0.3 is 0 Å². The minimum atomic E-state index is 0.717. The van der Waals surface area contributed by atoms with Crippen molar-refractivity contribution in [1.82, 2.24) is 15.2 Å². The molecule has 2 N–H and O–H groups in total. The molecule has 3 rings (SSSR count). The molecule has 1 heterocycles. The van der Waals surface area contributed by atoms with Crippen molar-refractivity contribution >= 4 is 23.7 Å². The summed E-state index contributed by atoms with van der Waals surface area (Å²) in [6.07, 6.45) is 1.79. The molecule has 0 fully saturated rings. The van der Waals surface area contributed by atoms with Crippen molar-refractivity contribution in [3.8, 4) is 5.75 Å². The van der Waals surface area contributed by atoms with Crippen molar-refractivity contribution in [3.63, 3.8) is 0 Å². The standard InChI is InChI=1S/C18H19N5OS/c1-13-20-18(23-21-13)25-12-15-10-14(8-9-17(15)24-2)11-19-22-16-6-4-3-5-7-16/h3-11,22H,12H2,1-2H3,(H,20,21,23). The number of benzene rings is 2. The van der Waals surface area contributed by atoms with Crippen LogP contribution in [0.3, 0.4) is 0 Å². The van der Waals surface area contributed by atoms with E-state index >= 15 is 0 Å². The SMILES string of the molecule is COc1ccc(C=NNc2ccccc2)cc1CSc1n[nH]c(C)n1. The van der Waals surface area contributed by atoms with E-state index in [0.29, 0.717) is 5.75 Å². The highest BCUT2D eigenvalue weighted by atomic mass is 32.2. The zero-order valence-electron chi connectivity index (χ0n) is 14.1. The molecule has 0 aliphatic rings. The predicted molar refractivity (Wildman–Crippen MR) is 101 cm³/mol. The van der Waals surface area contributed by atoms with Crippen LogP contribution in [0.4, 0.5) is 5.69 Å². The second-order valence-electron chi connectivity index (χ2n) is 5.30. The maximum Gasteiger partial charge on any atom is 0.208 e. The largest absolute Gasteiger partial charge is 0.496 e. The lowest BCUT2D eigenvalue weighted by Crippen LogP contribution is -1.95. The molecule has 0 aliphatic carbocycles. The Morgan fingerprint density at radius 1 is 1.24 bits per heavy atom. The van der Waals surface area contributed by atoms with Gasteiger partial charge in [0.1, 0.15) is 11.6 Å². The molecule has 0 unspecified atom stereocenters. The number of hydrogen-bond acceptors (Lipinski definition) is 6. The van der Waals surface area contributed by atoms with Gasteiger partial charge < -0.3 is 4.74 Å². The lowest BCUT2D eigenvalue weighted by Gasteiger charge is -2.08. The van der Waals surface area contributed by atoms with Gasteiger partial charge in [0, 0.05) is 11.3 Å². The number of aromatic nitrogens is 3. The van der Waals surface area contributed by atoms with Gasteiger partial charge in [-0.25, -0.2) is 4.98 Å². The number of nitrogens with one attached hydrogen (secondary N) is 2. The second-order valence-corrected chi connectivity index (χ2v) is 6.24. The van der Waals surface area contributed by atoms with E-state index in [9.17, 15) is 0 Å². The summed E-state index contributed by atoms with van der Waals surface area (Å²) in [6, 6.07) is 15.8. The van der Waals surface area contributed by atoms with Gasteiger partial charge in [-0.2, -0.15) is 5.10 Å². The summed E-state index contributed by atoms with van der Waals surface area (Å²) < 4.78 is 5.45. The Kier molecular flexibility index (Phi) is 5.69. The number of ether oxygens (including phenoxy) is 1. The molecule has 0 saturated heterocycles. The third kappa shape index (κ3) is 4.84. The van der Waals surface area contributed by atoms with Gasteiger partial charge in [0.25, 0.3) is 0 Å². The van der Waals surface area contributed by atoms with Gasteiger partial charge in [0.05, 0.1) is 19.0 Å². The number of thioether (sulfide) groups is 1. The fourth-order valence-corrected chi connectivity index (χ4v) is 3.04. The van der Waals surface area contributed by atoms with Crippen LogP contribution in [0.5, 0.6) is 5.75 Å². The molecule has 0 spiro atoms. The quantitative estimate of drug-likeness (QED) is 0.383. The number of hydrogen-bond donors (Lipinski definition) is 2. The van der Waals surface area contributed by atoms with E-state index in [2.05, 4.69) is 31.8 Å². The summed E-state index contributed by atoms with van der Waals surface area (Å²) >= 11 is 1.56. The number of methoxy groups -OCH3 is 1. The number of rotatable bonds is 7. The maximum absolute atomic E-state index is 5.45. The van der Waals surface area contributed by atoms with E-state index in [1.54, 1.807) is 25.1 Å². The van der Waals surface area contributed by atoms with Crippen LogP contribution in [0.15, 0.2) is 58.8 Å². The summed E-state index contributed by atoms with van der Waals surface area (Å²) in [5.41, 5.74) is 6.02. The molecule has 0 saturated carbocycles. The highest BCUT2D eigenvalue weighted by molar-refractivity contribution is 7.98. The topological polar surface area (TPSA) is 75.2 Å². The van der Waals surface area contributed by atoms with Crippen LogP contribution in [0, 0.1) is 6.92 Å². The average Bonchev–Trinajstić information content (AvgIpc) is 3.06. The van der Waals surface area contributed by atoms with Gasteiger partial charge in [0.15, 0.2) is 0 Å². The third-order valence-electron chi connectivity index (χ3n) is 3.42. The van der Waals surface area contributed by atoms with Crippen LogP contribution >= 0.6 is 11.8 Å². The molecular weight excluding hydrogens is 334 g/mol. The van der Waals surface area contributed by atoms with E-state index in [1.165, 1.54) is 0 Å². The zero-order valence-corrected chi connectivity index (χ0v) is 14.9. The molecule has 0 aliphatic heterocycles. The van der Waals surface area contributed by atoms with Crippen molar-refractivity contribution in [3.05, 3.63) is 65.5 Å². The first-order valence-corrected chi connectivity index (χ1v) is 8.76. The molecule has 0 radical (unpaired) electrons. The number of anilines is 1. The molecule has 1 aromatic heterocycles. The normalized spacial score (nSPS) is 11.0. The molecule has 25 heavy (non-hydrogen) atoms. The summed E-state index contributed by atoms with van der Waals surface area (Å²) in [6.45, 7) is 1.88. The first-order chi connectivity index (χ1) is 12.2. The van der Waals surface area contributed by atoms with Crippen molar-refractivity contribution < 1.29 is 4.74 Å². The maximum atomic E-state index is 5.45. The molecule has 7 heteroatoms. The van der Waals surface area contributed by atoms with Crippen LogP contribution in [-0.2, 0) is 5.75 Å². The van der Waals surface area contributed by atoms with Gasteiger partial charge in [-0.05, 0) is 42.8 Å². The van der Waals surface area contributed by atoms with Gasteiger partial charge in [-0.3, -0.25) is 10.5 Å². The van der Waals surface area contributed by atoms with E-state index < -0.39 is 0 Å². The Morgan fingerprint density at radius 3 is 2.80 bits per heavy atom. The Hall–Kier alpha value is -2.80. The summed E-state index contributed by atoms with van der Waals surface area (Å²) in [4.78, 5) is 4.31. The predicted octanol–water partition coefficient (Wildman–Crippen LogP) is 3.86. The molecule has 3 aromatic rings. The van der Waals surface area contributed by atoms with Crippen molar-refractivity contribution in [2.45, 2.75) is 17.8 Å². The molecule has 2 aromatic carbocycles. The zero-order chi connectivity index (χ0) is 17.5. The first kappa shape index (κ1) is 17.0. The number of aryl methyl sites for hydroxylation is 1. The molecular formula is C18H19N5OS. The van der Waals surface area contributed by atoms with E-state index in [-0.39, 0.29) is 0 Å². The molecule has 6 nitrogen and oxygen atoms in total. The fraction of sp³-hybridized carbons (Fsp3) is 0.167. The lowest BCUT2D eigenvalue weighted by atomic mass is 10.1. The number of H-pyrrole nitrogens is 1. The number of aromatic amines is 1. The van der Waals surface area contributed by atoms with Crippen LogP contribution < -0.4 is 10.2 Å². The molecule has 0 amide bonds. The van der Waals surface area contributed by atoms with Crippen molar-refractivity contribution in [2.75, 3.05) is 12.5 Å². The smallest absolute Gasteiger partial charge is 0.208 e. The third-order valence-corrected chi connectivity index (χ3v) is 4.32. The monoisotopic (exact) mass is 353 g/mol. The van der Waals surface area contributed by atoms with Crippen LogP contribution in [-0.4, -0.2) is 28.5 Å². The molecule has 0 atom stereocenters. The average molecular weight is 353 g/mol. The Balaban J connectivity index is 1.68. The van der Waals surface area contributed by atoms with Crippen LogP contribution in [0.1, 0.15) is 17.0 Å². The van der Waals surface area contributed by atoms with E-state index in [4.69, 9.17) is 4.74 Å². The van der Waals surface area contributed by atoms with Gasteiger partial charge in [-0.15, -0.1) is 5.10 Å². The summed E-state index contributed by atoms with van der Waals surface area (Å²) in [7, 11) is 1.67. The first-order valence-electron chi connectivity index (χ1n) is 7.77. The van der Waals surface area contributed by atoms with Crippen molar-refractivity contribution in [2.24, 2.45) is 5.10 Å². The second kappa shape index (κ2) is 8.34. The van der Waals surface area contributed by atoms with E-state index in [1.807, 2.05) is 49.4 Å². The fourth-order valence-electron chi connectivity index (χ4n) is 2.21. The van der Waals surface area contributed by atoms with Crippen molar-refractivity contribution in [1.29, 1.82) is 0 Å². The summed E-state index contributed by atoms with van der Waals surface area (Å²) in [5, 5.41) is 12.0. The van der Waals surface area contributed by atoms with Gasteiger partial charge in [-0.1, -0.05) is 30.0 Å². The molecule has 0 bridgehead atoms. The summed E-state index contributed by atoms with van der Waals surface area (Å²) in [5.74, 6) is 2.36. The Labute approximate surface area is 150 Å². The highest BCUT2D eigenvalue weighted by Crippen LogP contribution is 2.26. The minimum Gasteiger partial charge on any atom is -0.496 e. The van der Waals surface area contributed by atoms with E-state index in [0.717, 1.165) is 33.5 Å². The van der Waals surface area contributed by atoms with Gasteiger partial charge in [0.2, 0.25) is 5.16 Å². The lowest BCUT2D eigenvalue weighted by molar-refractivity contribution is 0.411. The van der Waals surface area contributed by atoms with Crippen LogP contribution in [0.2, 0.25) is 0 Å². The van der Waals surface area contributed by atoms with Crippen LogP contribution in [0.25, 0.3) is 0 Å². The number of nitrogens with zero attached hydrogens (tertiary/aromatic N) is 3. The minimum absolute atomic E-state index is 0.717. The number of hydrazone groups is 1. The Bertz CT molecular complexity index is 848. The molecule has 128 valence electrons. The Morgan fingerprint density at radius 2 is 2.08 bits per heavy atom.